The highest BCUT2D eigenvalue weighted by molar-refractivity contribution is 5.43. The summed E-state index contributed by atoms with van der Waals surface area (Å²) in [5.41, 5.74) is 6.66. The molecule has 0 bridgehead atoms. The highest BCUT2D eigenvalue weighted by Gasteiger charge is 2.03. The van der Waals surface area contributed by atoms with Crippen LogP contribution in [-0.4, -0.2) is 32.7 Å². The summed E-state index contributed by atoms with van der Waals surface area (Å²) < 4.78 is 5.11. The Kier molecular flexibility index (Phi) is 3.71. The maximum absolute atomic E-state index is 5.50. The molecule has 0 aliphatic carbocycles. The van der Waals surface area contributed by atoms with Gasteiger partial charge in [-0.15, -0.1) is 0 Å². The number of methoxy groups -OCH3 is 1. The summed E-state index contributed by atoms with van der Waals surface area (Å²) in [4.78, 5) is 6.24. The summed E-state index contributed by atoms with van der Waals surface area (Å²) in [6, 6.07) is 3.94. The Labute approximate surface area is 84.7 Å². The molecule has 0 atom stereocenters. The van der Waals surface area contributed by atoms with Crippen LogP contribution in [0.15, 0.2) is 12.1 Å². The molecule has 0 aromatic carbocycles. The number of hydrogen-bond donors (Lipinski definition) is 1. The van der Waals surface area contributed by atoms with E-state index in [1.807, 2.05) is 31.1 Å². The van der Waals surface area contributed by atoms with Crippen LogP contribution in [0.25, 0.3) is 0 Å². The molecule has 1 aromatic heterocycles. The number of rotatable bonds is 4. The maximum atomic E-state index is 5.50. The molecule has 0 unspecified atom stereocenters. The van der Waals surface area contributed by atoms with Gasteiger partial charge in [0.05, 0.1) is 7.11 Å². The maximum Gasteiger partial charge on any atom is 0.215 e. The second kappa shape index (κ2) is 4.81. The summed E-state index contributed by atoms with van der Waals surface area (Å²) in [6.07, 6.45) is 0.847. The van der Waals surface area contributed by atoms with Crippen molar-refractivity contribution in [2.24, 2.45) is 5.73 Å². The minimum atomic E-state index is 0.639. The zero-order valence-electron chi connectivity index (χ0n) is 8.95. The van der Waals surface area contributed by atoms with E-state index in [1.54, 1.807) is 7.11 Å². The number of ether oxygens (including phenoxy) is 1. The van der Waals surface area contributed by atoms with Crippen LogP contribution in [-0.2, 0) is 6.42 Å². The van der Waals surface area contributed by atoms with Gasteiger partial charge in [0.2, 0.25) is 5.88 Å². The molecule has 0 saturated carbocycles. The molecule has 1 aromatic rings. The molecule has 0 amide bonds. The fourth-order valence-electron chi connectivity index (χ4n) is 1.19. The number of anilines is 1. The van der Waals surface area contributed by atoms with Crippen molar-refractivity contribution in [1.82, 2.24) is 4.98 Å². The average molecular weight is 195 g/mol. The van der Waals surface area contributed by atoms with Gasteiger partial charge >= 0.3 is 0 Å². The molecule has 1 rings (SSSR count). The van der Waals surface area contributed by atoms with E-state index >= 15 is 0 Å². The summed E-state index contributed by atoms with van der Waals surface area (Å²) in [5, 5.41) is 0. The predicted octanol–water partition coefficient (Wildman–Crippen LogP) is 0.657. The summed E-state index contributed by atoms with van der Waals surface area (Å²) in [6.45, 7) is 0.639. The van der Waals surface area contributed by atoms with Gasteiger partial charge in [0.25, 0.3) is 0 Å². The zero-order valence-corrected chi connectivity index (χ0v) is 8.95. The Balaban J connectivity index is 3.00. The molecule has 1 heterocycles. The Hall–Kier alpha value is -1.29. The number of nitrogens with zero attached hydrogens (tertiary/aromatic N) is 2. The van der Waals surface area contributed by atoms with Crippen LogP contribution >= 0.6 is 0 Å². The highest BCUT2D eigenvalue weighted by atomic mass is 16.5. The van der Waals surface area contributed by atoms with Crippen LogP contribution in [0.4, 0.5) is 5.82 Å². The standard InChI is InChI=1S/C10H17N3O/c1-13(2)9-6-8(4-5-11)7-10(12-9)14-3/h6-7H,4-5,11H2,1-3H3. The molecular weight excluding hydrogens is 178 g/mol. The van der Waals surface area contributed by atoms with E-state index in [1.165, 1.54) is 0 Å². The van der Waals surface area contributed by atoms with E-state index in [9.17, 15) is 0 Å². The second-order valence-electron chi connectivity index (χ2n) is 3.31. The molecule has 0 aliphatic rings. The van der Waals surface area contributed by atoms with Crippen LogP contribution in [0.5, 0.6) is 5.88 Å². The lowest BCUT2D eigenvalue weighted by atomic mass is 10.2. The molecule has 78 valence electrons. The fraction of sp³-hybridized carbons (Fsp3) is 0.500. The van der Waals surface area contributed by atoms with Crippen molar-refractivity contribution in [2.45, 2.75) is 6.42 Å². The Morgan fingerprint density at radius 3 is 2.64 bits per heavy atom. The third kappa shape index (κ3) is 2.60. The molecule has 0 aliphatic heterocycles. The van der Waals surface area contributed by atoms with Crippen molar-refractivity contribution >= 4 is 5.82 Å². The smallest absolute Gasteiger partial charge is 0.215 e. The van der Waals surface area contributed by atoms with E-state index in [0.29, 0.717) is 12.4 Å². The first-order valence-corrected chi connectivity index (χ1v) is 4.59. The lowest BCUT2D eigenvalue weighted by Crippen LogP contribution is -2.12. The van der Waals surface area contributed by atoms with Gasteiger partial charge in [0.15, 0.2) is 0 Å². The average Bonchev–Trinajstić information content (AvgIpc) is 2.17. The fourth-order valence-corrected chi connectivity index (χ4v) is 1.19. The quantitative estimate of drug-likeness (QED) is 0.766. The van der Waals surface area contributed by atoms with E-state index in [2.05, 4.69) is 4.98 Å². The van der Waals surface area contributed by atoms with Gasteiger partial charge < -0.3 is 15.4 Å². The molecule has 2 N–H and O–H groups in total. The normalized spacial score (nSPS) is 10.0. The third-order valence-electron chi connectivity index (χ3n) is 1.95. The third-order valence-corrected chi connectivity index (χ3v) is 1.95. The first kappa shape index (κ1) is 10.8. The van der Waals surface area contributed by atoms with Crippen molar-refractivity contribution in [3.8, 4) is 5.88 Å². The van der Waals surface area contributed by atoms with Gasteiger partial charge in [0, 0.05) is 20.2 Å². The van der Waals surface area contributed by atoms with Crippen LogP contribution in [0.3, 0.4) is 0 Å². The SMILES string of the molecule is COc1cc(CCN)cc(N(C)C)n1. The van der Waals surface area contributed by atoms with Crippen molar-refractivity contribution in [3.63, 3.8) is 0 Å². The van der Waals surface area contributed by atoms with E-state index in [0.717, 1.165) is 17.8 Å². The van der Waals surface area contributed by atoms with Gasteiger partial charge in [-0.25, -0.2) is 0 Å². The van der Waals surface area contributed by atoms with Crippen molar-refractivity contribution in [2.75, 3.05) is 32.6 Å². The summed E-state index contributed by atoms with van der Waals surface area (Å²) >= 11 is 0. The van der Waals surface area contributed by atoms with E-state index in [4.69, 9.17) is 10.5 Å². The van der Waals surface area contributed by atoms with Crippen LogP contribution < -0.4 is 15.4 Å². The number of hydrogen-bond acceptors (Lipinski definition) is 4. The monoisotopic (exact) mass is 195 g/mol. The van der Waals surface area contributed by atoms with Gasteiger partial charge in [0.1, 0.15) is 5.82 Å². The van der Waals surface area contributed by atoms with Gasteiger partial charge in [-0.2, -0.15) is 4.98 Å². The van der Waals surface area contributed by atoms with Crippen LogP contribution in [0.1, 0.15) is 5.56 Å². The minimum absolute atomic E-state index is 0.639. The Bertz CT molecular complexity index is 299. The topological polar surface area (TPSA) is 51.4 Å². The molecular formula is C10H17N3O. The lowest BCUT2D eigenvalue weighted by Gasteiger charge is -2.13. The predicted molar refractivity (Wildman–Crippen MR) is 57.9 cm³/mol. The van der Waals surface area contributed by atoms with E-state index < -0.39 is 0 Å². The Morgan fingerprint density at radius 1 is 1.43 bits per heavy atom. The Morgan fingerprint density at radius 2 is 2.14 bits per heavy atom. The number of nitrogens with two attached hydrogens (primary N) is 1. The van der Waals surface area contributed by atoms with Crippen LogP contribution in [0.2, 0.25) is 0 Å². The van der Waals surface area contributed by atoms with Crippen molar-refractivity contribution < 1.29 is 4.74 Å². The zero-order chi connectivity index (χ0) is 10.6. The largest absolute Gasteiger partial charge is 0.481 e. The van der Waals surface area contributed by atoms with Crippen molar-refractivity contribution in [1.29, 1.82) is 0 Å². The molecule has 0 spiro atoms. The van der Waals surface area contributed by atoms with Gasteiger partial charge in [-0.3, -0.25) is 0 Å². The second-order valence-corrected chi connectivity index (χ2v) is 3.31. The number of aromatic nitrogens is 1. The van der Waals surface area contributed by atoms with Gasteiger partial charge in [-0.1, -0.05) is 0 Å². The lowest BCUT2D eigenvalue weighted by molar-refractivity contribution is 0.397. The molecule has 0 fully saturated rings. The highest BCUT2D eigenvalue weighted by Crippen LogP contribution is 2.17. The summed E-state index contributed by atoms with van der Waals surface area (Å²) in [7, 11) is 5.52. The summed E-state index contributed by atoms with van der Waals surface area (Å²) in [5.74, 6) is 1.53. The molecule has 14 heavy (non-hydrogen) atoms. The molecule has 0 radical (unpaired) electrons. The molecule has 4 nitrogen and oxygen atoms in total. The number of pyridine rings is 1. The van der Waals surface area contributed by atoms with Gasteiger partial charge in [-0.05, 0) is 24.6 Å². The molecule has 4 heteroatoms. The van der Waals surface area contributed by atoms with Crippen molar-refractivity contribution in [3.05, 3.63) is 17.7 Å². The first-order valence-electron chi connectivity index (χ1n) is 4.59. The minimum Gasteiger partial charge on any atom is -0.481 e. The molecule has 0 saturated heterocycles. The van der Waals surface area contributed by atoms with E-state index in [-0.39, 0.29) is 0 Å². The first-order chi connectivity index (χ1) is 6.67. The van der Waals surface area contributed by atoms with Crippen LogP contribution in [0, 0.1) is 0 Å².